The largest absolute Gasteiger partial charge is 0.493 e. The van der Waals surface area contributed by atoms with E-state index in [1.54, 1.807) is 25.6 Å². The Balaban J connectivity index is 1.76. The molecule has 0 saturated carbocycles. The average molecular weight is 416 g/mol. The highest BCUT2D eigenvalue weighted by Crippen LogP contribution is 2.41. The van der Waals surface area contributed by atoms with Gasteiger partial charge in [0.05, 0.1) is 52.4 Å². The predicted molar refractivity (Wildman–Crippen MR) is 116 cm³/mol. The van der Waals surface area contributed by atoms with Gasteiger partial charge in [0, 0.05) is 10.9 Å². The van der Waals surface area contributed by atoms with E-state index in [-0.39, 0.29) is 6.61 Å². The first kappa shape index (κ1) is 19.9. The summed E-state index contributed by atoms with van der Waals surface area (Å²) < 4.78 is 10.9. The number of rotatable bonds is 6. The highest BCUT2D eigenvalue weighted by atomic mass is 32.1. The molecule has 154 valence electrons. The number of methoxy groups -OCH3 is 2. The fourth-order valence-corrected chi connectivity index (χ4v) is 4.90. The Kier molecular flexibility index (Phi) is 5.84. The lowest BCUT2D eigenvalue weighted by Crippen LogP contribution is -3.15. The second-order valence-corrected chi connectivity index (χ2v) is 8.06. The minimum absolute atomic E-state index is 0.236. The Labute approximate surface area is 174 Å². The van der Waals surface area contributed by atoms with E-state index in [0.717, 1.165) is 65.7 Å². The smallest absolute Gasteiger partial charge is 0.161 e. The van der Waals surface area contributed by atoms with Crippen LogP contribution in [0.1, 0.15) is 5.82 Å². The molecule has 0 aliphatic carbocycles. The van der Waals surface area contributed by atoms with Gasteiger partial charge in [-0.1, -0.05) is 6.07 Å². The average Bonchev–Trinajstić information content (AvgIpc) is 3.17. The highest BCUT2D eigenvalue weighted by Gasteiger charge is 2.25. The molecular weight excluding hydrogens is 388 g/mol. The number of thiophene rings is 1. The molecule has 0 amide bonds. The summed E-state index contributed by atoms with van der Waals surface area (Å²) in [5.74, 6) is 3.21. The standard InChI is InChI=1S/C21H26N4O3S/c1-14-22-20(25-8-6-24(7-9-25)10-11-26)19-16(13-29-21(19)23-14)15-4-5-17(27-2)18(12-15)28-3/h4-5,12-13,26H,6-11H2,1-3H3/p+1. The van der Waals surface area contributed by atoms with Gasteiger partial charge in [-0.25, -0.2) is 9.97 Å². The molecule has 1 saturated heterocycles. The first-order valence-corrected chi connectivity index (χ1v) is 10.7. The number of aliphatic hydroxyl groups excluding tert-OH is 1. The van der Waals surface area contributed by atoms with Crippen LogP contribution in [-0.4, -0.2) is 68.6 Å². The van der Waals surface area contributed by atoms with Crippen LogP contribution in [0.4, 0.5) is 5.82 Å². The molecular formula is C21H27N4O3S+. The molecule has 1 fully saturated rings. The maximum absolute atomic E-state index is 9.22. The monoisotopic (exact) mass is 415 g/mol. The summed E-state index contributed by atoms with van der Waals surface area (Å²) >= 11 is 1.65. The number of fused-ring (bicyclic) bond motifs is 1. The molecule has 0 atom stereocenters. The summed E-state index contributed by atoms with van der Waals surface area (Å²) in [6, 6.07) is 5.99. The van der Waals surface area contributed by atoms with E-state index >= 15 is 0 Å². The molecule has 0 radical (unpaired) electrons. The zero-order valence-electron chi connectivity index (χ0n) is 17.1. The van der Waals surface area contributed by atoms with Gasteiger partial charge in [0.1, 0.15) is 23.0 Å². The molecule has 1 aromatic carbocycles. The molecule has 29 heavy (non-hydrogen) atoms. The number of aliphatic hydroxyl groups is 1. The first-order chi connectivity index (χ1) is 14.1. The number of anilines is 1. The van der Waals surface area contributed by atoms with Gasteiger partial charge in [-0.3, -0.25) is 0 Å². The number of piperazine rings is 1. The van der Waals surface area contributed by atoms with E-state index in [1.165, 1.54) is 4.90 Å². The number of quaternary nitrogens is 1. The molecule has 0 unspecified atom stereocenters. The van der Waals surface area contributed by atoms with Crippen LogP contribution < -0.4 is 19.3 Å². The third kappa shape index (κ3) is 3.88. The van der Waals surface area contributed by atoms with Crippen molar-refractivity contribution in [3.8, 4) is 22.6 Å². The molecule has 4 rings (SSSR count). The van der Waals surface area contributed by atoms with Gasteiger partial charge in [-0.15, -0.1) is 11.3 Å². The molecule has 2 aromatic heterocycles. The molecule has 3 heterocycles. The van der Waals surface area contributed by atoms with Crippen molar-refractivity contribution >= 4 is 27.4 Å². The quantitative estimate of drug-likeness (QED) is 0.634. The molecule has 0 bridgehead atoms. The third-order valence-corrected chi connectivity index (χ3v) is 6.33. The van der Waals surface area contributed by atoms with Crippen LogP contribution in [0.2, 0.25) is 0 Å². The number of nitrogens with one attached hydrogen (secondary N) is 1. The van der Waals surface area contributed by atoms with Crippen molar-refractivity contribution in [1.82, 2.24) is 9.97 Å². The number of aromatic nitrogens is 2. The molecule has 3 aromatic rings. The van der Waals surface area contributed by atoms with Crippen LogP contribution in [0.25, 0.3) is 21.3 Å². The summed E-state index contributed by atoms with van der Waals surface area (Å²) in [7, 11) is 3.30. The Morgan fingerprint density at radius 3 is 2.59 bits per heavy atom. The minimum Gasteiger partial charge on any atom is -0.493 e. The Morgan fingerprint density at radius 1 is 1.14 bits per heavy atom. The second-order valence-electron chi connectivity index (χ2n) is 7.20. The van der Waals surface area contributed by atoms with Crippen LogP contribution in [0.5, 0.6) is 11.5 Å². The zero-order valence-corrected chi connectivity index (χ0v) is 17.9. The van der Waals surface area contributed by atoms with Crippen molar-refractivity contribution in [2.75, 3.05) is 58.5 Å². The highest BCUT2D eigenvalue weighted by molar-refractivity contribution is 7.17. The Morgan fingerprint density at radius 2 is 1.90 bits per heavy atom. The van der Waals surface area contributed by atoms with Crippen molar-refractivity contribution in [3.63, 3.8) is 0 Å². The lowest BCUT2D eigenvalue weighted by molar-refractivity contribution is -0.900. The van der Waals surface area contributed by atoms with Crippen molar-refractivity contribution < 1.29 is 19.5 Å². The molecule has 8 heteroatoms. The number of hydrogen-bond donors (Lipinski definition) is 2. The van der Waals surface area contributed by atoms with E-state index in [4.69, 9.17) is 14.5 Å². The molecule has 1 aliphatic heterocycles. The van der Waals surface area contributed by atoms with Gasteiger partial charge in [0.15, 0.2) is 11.5 Å². The number of nitrogens with zero attached hydrogens (tertiary/aromatic N) is 3. The van der Waals surface area contributed by atoms with E-state index < -0.39 is 0 Å². The zero-order chi connectivity index (χ0) is 20.4. The fraction of sp³-hybridized carbons (Fsp3) is 0.429. The van der Waals surface area contributed by atoms with E-state index in [0.29, 0.717) is 11.5 Å². The van der Waals surface area contributed by atoms with Crippen molar-refractivity contribution in [3.05, 3.63) is 29.4 Å². The molecule has 2 N–H and O–H groups in total. The van der Waals surface area contributed by atoms with Crippen LogP contribution >= 0.6 is 11.3 Å². The summed E-state index contributed by atoms with van der Waals surface area (Å²) in [6.45, 7) is 6.83. The van der Waals surface area contributed by atoms with Crippen LogP contribution in [-0.2, 0) is 0 Å². The van der Waals surface area contributed by atoms with E-state index in [2.05, 4.69) is 21.3 Å². The lowest BCUT2D eigenvalue weighted by atomic mass is 10.0. The number of ether oxygens (including phenoxy) is 2. The van der Waals surface area contributed by atoms with Crippen molar-refractivity contribution in [2.45, 2.75) is 6.92 Å². The third-order valence-electron chi connectivity index (χ3n) is 5.46. The number of benzene rings is 1. The summed E-state index contributed by atoms with van der Waals surface area (Å²) in [5, 5.41) is 12.5. The number of hydrogen-bond acceptors (Lipinski definition) is 7. The van der Waals surface area contributed by atoms with Gasteiger partial charge in [-0.2, -0.15) is 0 Å². The maximum Gasteiger partial charge on any atom is 0.161 e. The molecule has 0 spiro atoms. The normalized spacial score (nSPS) is 15.1. The van der Waals surface area contributed by atoms with Gasteiger partial charge >= 0.3 is 0 Å². The van der Waals surface area contributed by atoms with Crippen LogP contribution in [0, 0.1) is 6.92 Å². The second kappa shape index (κ2) is 8.52. The van der Waals surface area contributed by atoms with Gasteiger partial charge in [0.2, 0.25) is 0 Å². The molecule has 7 nitrogen and oxygen atoms in total. The Bertz CT molecular complexity index is 999. The molecule has 1 aliphatic rings. The Hall–Kier alpha value is -2.42. The topological polar surface area (TPSA) is 72.2 Å². The summed E-state index contributed by atoms with van der Waals surface area (Å²) in [5.41, 5.74) is 2.18. The first-order valence-electron chi connectivity index (χ1n) is 9.82. The van der Waals surface area contributed by atoms with Crippen LogP contribution in [0.15, 0.2) is 23.6 Å². The minimum atomic E-state index is 0.236. The summed E-state index contributed by atoms with van der Waals surface area (Å²) in [4.78, 5) is 14.3. The van der Waals surface area contributed by atoms with Gasteiger partial charge in [0.25, 0.3) is 0 Å². The lowest BCUT2D eigenvalue weighted by Gasteiger charge is -2.33. The van der Waals surface area contributed by atoms with Crippen LogP contribution in [0.3, 0.4) is 0 Å². The van der Waals surface area contributed by atoms with Crippen molar-refractivity contribution in [2.24, 2.45) is 0 Å². The SMILES string of the molecule is COc1ccc(-c2csc3nc(C)nc(N4CC[NH+](CCO)CC4)c23)cc1OC. The number of aryl methyl sites for hydroxylation is 1. The van der Waals surface area contributed by atoms with Gasteiger partial charge in [-0.05, 0) is 24.6 Å². The van der Waals surface area contributed by atoms with E-state index in [9.17, 15) is 5.11 Å². The fourth-order valence-electron chi connectivity index (χ4n) is 3.92. The van der Waals surface area contributed by atoms with E-state index in [1.807, 2.05) is 19.1 Å². The maximum atomic E-state index is 9.22. The van der Waals surface area contributed by atoms with Crippen molar-refractivity contribution in [1.29, 1.82) is 0 Å². The van der Waals surface area contributed by atoms with Gasteiger partial charge < -0.3 is 24.4 Å². The predicted octanol–water partition coefficient (Wildman–Crippen LogP) is 1.38. The summed E-state index contributed by atoms with van der Waals surface area (Å²) in [6.07, 6.45) is 0.